The molecule has 122 valence electrons. The van der Waals surface area contributed by atoms with E-state index in [2.05, 4.69) is 6.92 Å². The monoisotopic (exact) mass is 312 g/mol. The predicted molar refractivity (Wildman–Crippen MR) is 90.3 cm³/mol. The second kappa shape index (κ2) is 6.57. The van der Waals surface area contributed by atoms with Crippen molar-refractivity contribution in [1.82, 2.24) is 9.80 Å². The van der Waals surface area contributed by atoms with Crippen molar-refractivity contribution < 1.29 is 9.59 Å². The minimum absolute atomic E-state index is 0.0273. The highest BCUT2D eigenvalue weighted by Gasteiger charge is 2.30. The second-order valence-corrected chi connectivity index (χ2v) is 6.68. The van der Waals surface area contributed by atoms with Crippen LogP contribution in [-0.4, -0.2) is 34.7 Å². The summed E-state index contributed by atoms with van der Waals surface area (Å²) in [4.78, 5) is 28.4. The topological polar surface area (TPSA) is 40.6 Å². The number of piperidine rings is 1. The summed E-state index contributed by atoms with van der Waals surface area (Å²) in [6.07, 6.45) is 6.37. The van der Waals surface area contributed by atoms with Crippen molar-refractivity contribution in [2.24, 2.45) is 5.92 Å². The molecule has 2 atom stereocenters. The molecule has 3 rings (SSSR count). The second-order valence-electron chi connectivity index (χ2n) is 6.68. The number of benzene rings is 1. The van der Waals surface area contributed by atoms with Gasteiger partial charge >= 0.3 is 0 Å². The minimum Gasteiger partial charge on any atom is -0.342 e. The van der Waals surface area contributed by atoms with Crippen LogP contribution < -0.4 is 0 Å². The van der Waals surface area contributed by atoms with Crippen molar-refractivity contribution in [2.75, 3.05) is 13.1 Å². The highest BCUT2D eigenvalue weighted by molar-refractivity contribution is 5.82. The molecular formula is C19H24N2O2. The summed E-state index contributed by atoms with van der Waals surface area (Å²) in [7, 11) is 0. The van der Waals surface area contributed by atoms with E-state index in [1.165, 1.54) is 6.42 Å². The Balaban J connectivity index is 1.82. The van der Waals surface area contributed by atoms with E-state index in [-0.39, 0.29) is 17.9 Å². The van der Waals surface area contributed by atoms with Crippen LogP contribution in [0.3, 0.4) is 0 Å². The molecule has 0 saturated carbocycles. The first-order valence-corrected chi connectivity index (χ1v) is 8.40. The van der Waals surface area contributed by atoms with Gasteiger partial charge in [0.15, 0.2) is 0 Å². The Bertz CT molecular complexity index is 638. The van der Waals surface area contributed by atoms with Crippen LogP contribution in [0.25, 0.3) is 6.08 Å². The van der Waals surface area contributed by atoms with Gasteiger partial charge in [0.1, 0.15) is 0 Å². The zero-order chi connectivity index (χ0) is 16.4. The highest BCUT2D eigenvalue weighted by atomic mass is 16.2. The van der Waals surface area contributed by atoms with Crippen LogP contribution in [-0.2, 0) is 9.59 Å². The van der Waals surface area contributed by atoms with Gasteiger partial charge in [0.05, 0.1) is 12.5 Å². The molecule has 0 aromatic heterocycles. The summed E-state index contributed by atoms with van der Waals surface area (Å²) in [6, 6.07) is 7.81. The fourth-order valence-electron chi connectivity index (χ4n) is 3.62. The minimum atomic E-state index is -0.196. The largest absolute Gasteiger partial charge is 0.342 e. The Morgan fingerprint density at radius 3 is 2.78 bits per heavy atom. The zero-order valence-corrected chi connectivity index (χ0v) is 13.9. The summed E-state index contributed by atoms with van der Waals surface area (Å²) >= 11 is 0. The van der Waals surface area contributed by atoms with Crippen molar-refractivity contribution in [3.8, 4) is 0 Å². The quantitative estimate of drug-likeness (QED) is 0.841. The molecule has 0 unspecified atom stereocenters. The number of amides is 2. The molecule has 1 fully saturated rings. The first-order valence-electron chi connectivity index (χ1n) is 8.40. The number of likely N-dealkylation sites (tertiary alicyclic amines) is 1. The zero-order valence-electron chi connectivity index (χ0n) is 13.9. The standard InChI is InChI=1S/C19H24N2O2/c1-14-6-5-10-20(13-14)19(23)12-18-17-8-4-3-7-16(17)9-11-21(18)15(2)22/h3-4,7-9,11,14,18H,5-6,10,12-13H2,1-2H3/t14-,18+/m0/s1. The van der Waals surface area contributed by atoms with Crippen LogP contribution in [0.15, 0.2) is 30.5 Å². The van der Waals surface area contributed by atoms with Crippen LogP contribution >= 0.6 is 0 Å². The highest BCUT2D eigenvalue weighted by Crippen LogP contribution is 2.33. The summed E-state index contributed by atoms with van der Waals surface area (Å²) in [5, 5.41) is 0. The lowest BCUT2D eigenvalue weighted by molar-refractivity contribution is -0.135. The van der Waals surface area contributed by atoms with Gasteiger partial charge in [-0.3, -0.25) is 9.59 Å². The van der Waals surface area contributed by atoms with E-state index in [0.29, 0.717) is 12.3 Å². The molecule has 2 aliphatic heterocycles. The fourth-order valence-corrected chi connectivity index (χ4v) is 3.62. The lowest BCUT2D eigenvalue weighted by Gasteiger charge is -2.36. The maximum absolute atomic E-state index is 12.8. The van der Waals surface area contributed by atoms with Gasteiger partial charge in [-0.15, -0.1) is 0 Å². The van der Waals surface area contributed by atoms with E-state index in [9.17, 15) is 9.59 Å². The van der Waals surface area contributed by atoms with Crippen LogP contribution in [0.4, 0.5) is 0 Å². The Morgan fingerprint density at radius 2 is 2.04 bits per heavy atom. The molecule has 2 amide bonds. The summed E-state index contributed by atoms with van der Waals surface area (Å²) in [5.74, 6) is 0.689. The van der Waals surface area contributed by atoms with Crippen molar-refractivity contribution in [1.29, 1.82) is 0 Å². The number of carbonyl (C=O) groups excluding carboxylic acids is 2. The molecule has 2 heterocycles. The van der Waals surface area contributed by atoms with Crippen LogP contribution in [0, 0.1) is 5.92 Å². The molecule has 23 heavy (non-hydrogen) atoms. The van der Waals surface area contributed by atoms with Gasteiger partial charge in [0.2, 0.25) is 11.8 Å². The molecule has 4 heteroatoms. The van der Waals surface area contributed by atoms with E-state index >= 15 is 0 Å². The number of fused-ring (bicyclic) bond motifs is 1. The lowest BCUT2D eigenvalue weighted by Crippen LogP contribution is -2.41. The third kappa shape index (κ3) is 3.31. The Kier molecular flexibility index (Phi) is 4.51. The molecule has 1 saturated heterocycles. The molecule has 0 aliphatic carbocycles. The molecule has 1 aromatic carbocycles. The Morgan fingerprint density at radius 1 is 1.26 bits per heavy atom. The molecule has 1 aromatic rings. The molecule has 4 nitrogen and oxygen atoms in total. The first kappa shape index (κ1) is 15.8. The van der Waals surface area contributed by atoms with Crippen molar-refractivity contribution >= 4 is 17.9 Å². The van der Waals surface area contributed by atoms with Gasteiger partial charge in [-0.25, -0.2) is 0 Å². The van der Waals surface area contributed by atoms with Gasteiger partial charge in [-0.05, 0) is 36.0 Å². The van der Waals surface area contributed by atoms with Crippen LogP contribution in [0.5, 0.6) is 0 Å². The number of rotatable bonds is 2. The third-order valence-electron chi connectivity index (χ3n) is 4.85. The van der Waals surface area contributed by atoms with E-state index in [1.807, 2.05) is 35.2 Å². The molecule has 0 spiro atoms. The fraction of sp³-hybridized carbons (Fsp3) is 0.474. The normalized spacial score (nSPS) is 23.6. The SMILES string of the molecule is CC(=O)N1C=Cc2ccccc2[C@H]1CC(=O)N1CCC[C@H](C)C1. The predicted octanol–water partition coefficient (Wildman–Crippen LogP) is 3.21. The van der Waals surface area contributed by atoms with Crippen molar-refractivity contribution in [2.45, 2.75) is 39.2 Å². The van der Waals surface area contributed by atoms with Crippen LogP contribution in [0.2, 0.25) is 0 Å². The number of hydrogen-bond acceptors (Lipinski definition) is 2. The van der Waals surface area contributed by atoms with E-state index < -0.39 is 0 Å². The van der Waals surface area contributed by atoms with Gasteiger partial charge in [-0.2, -0.15) is 0 Å². The first-order chi connectivity index (χ1) is 11.1. The average molecular weight is 312 g/mol. The molecule has 0 bridgehead atoms. The average Bonchev–Trinajstić information content (AvgIpc) is 2.54. The maximum atomic E-state index is 12.8. The Hall–Kier alpha value is -2.10. The number of carbonyl (C=O) groups is 2. The summed E-state index contributed by atoms with van der Waals surface area (Å²) < 4.78 is 0. The van der Waals surface area contributed by atoms with Crippen molar-refractivity contribution in [3.05, 3.63) is 41.6 Å². The molecule has 0 N–H and O–H groups in total. The lowest BCUT2D eigenvalue weighted by atomic mass is 9.92. The summed E-state index contributed by atoms with van der Waals surface area (Å²) in [6.45, 7) is 5.43. The third-order valence-corrected chi connectivity index (χ3v) is 4.85. The maximum Gasteiger partial charge on any atom is 0.225 e. The molecule has 2 aliphatic rings. The van der Waals surface area contributed by atoms with E-state index in [4.69, 9.17) is 0 Å². The van der Waals surface area contributed by atoms with Gasteiger partial charge in [0, 0.05) is 26.2 Å². The van der Waals surface area contributed by atoms with Crippen LogP contribution in [0.1, 0.15) is 50.3 Å². The van der Waals surface area contributed by atoms with Gasteiger partial charge < -0.3 is 9.80 Å². The van der Waals surface area contributed by atoms with E-state index in [0.717, 1.165) is 30.6 Å². The smallest absolute Gasteiger partial charge is 0.225 e. The van der Waals surface area contributed by atoms with E-state index in [1.54, 1.807) is 18.0 Å². The number of hydrogen-bond donors (Lipinski definition) is 0. The summed E-state index contributed by atoms with van der Waals surface area (Å²) in [5.41, 5.74) is 2.15. The molecular weight excluding hydrogens is 288 g/mol. The van der Waals surface area contributed by atoms with Gasteiger partial charge in [-0.1, -0.05) is 31.2 Å². The molecule has 0 radical (unpaired) electrons. The number of nitrogens with zero attached hydrogens (tertiary/aromatic N) is 2. The van der Waals surface area contributed by atoms with Crippen molar-refractivity contribution in [3.63, 3.8) is 0 Å². The Labute approximate surface area is 137 Å². The van der Waals surface area contributed by atoms with Gasteiger partial charge in [0.25, 0.3) is 0 Å².